The van der Waals surface area contributed by atoms with Crippen molar-refractivity contribution in [2.24, 2.45) is 28.6 Å². The van der Waals surface area contributed by atoms with Gasteiger partial charge in [-0.1, -0.05) is 19.4 Å². The molecule has 4 saturated carbocycles. The Kier molecular flexibility index (Phi) is 3.38. The number of ether oxygens (including phenoxy) is 1. The van der Waals surface area contributed by atoms with E-state index in [4.69, 9.17) is 4.74 Å². The van der Waals surface area contributed by atoms with Crippen LogP contribution in [0.5, 0.6) is 0 Å². The van der Waals surface area contributed by atoms with E-state index in [1.807, 2.05) is 6.08 Å². The lowest BCUT2D eigenvalue weighted by molar-refractivity contribution is -0.119. The molecule has 0 aromatic carbocycles. The molecule has 0 heterocycles. The van der Waals surface area contributed by atoms with Crippen molar-refractivity contribution in [3.05, 3.63) is 11.6 Å². The van der Waals surface area contributed by atoms with Gasteiger partial charge in [-0.3, -0.25) is 4.79 Å². The van der Waals surface area contributed by atoms with Crippen molar-refractivity contribution in [1.29, 1.82) is 0 Å². The molecule has 0 aromatic heterocycles. The van der Waals surface area contributed by atoms with Crippen LogP contribution < -0.4 is 0 Å². The number of ketones is 1. The van der Waals surface area contributed by atoms with Crippen molar-refractivity contribution in [2.45, 2.75) is 90.3 Å². The topological polar surface area (TPSA) is 26.3 Å². The second kappa shape index (κ2) is 5.19. The molecular weight excluding hydrogens is 296 g/mol. The zero-order valence-corrected chi connectivity index (χ0v) is 15.4. The summed E-state index contributed by atoms with van der Waals surface area (Å²) < 4.78 is 6.52. The predicted molar refractivity (Wildman–Crippen MR) is 94.6 cm³/mol. The zero-order valence-electron chi connectivity index (χ0n) is 15.4. The summed E-state index contributed by atoms with van der Waals surface area (Å²) in [6.45, 7) is 5.04. The predicted octanol–water partition coefficient (Wildman–Crippen LogP) is 5.07. The van der Waals surface area contributed by atoms with E-state index < -0.39 is 0 Å². The van der Waals surface area contributed by atoms with Crippen LogP contribution in [0.1, 0.15) is 78.1 Å². The van der Waals surface area contributed by atoms with E-state index in [9.17, 15) is 4.79 Å². The number of allylic oxidation sites excluding steroid dienone is 1. The molecule has 5 aliphatic rings. The van der Waals surface area contributed by atoms with Gasteiger partial charge in [0, 0.05) is 6.42 Å². The second-order valence-corrected chi connectivity index (χ2v) is 9.99. The quantitative estimate of drug-likeness (QED) is 0.708. The van der Waals surface area contributed by atoms with E-state index in [1.54, 1.807) is 0 Å². The molecule has 2 nitrogen and oxygen atoms in total. The molecule has 5 aliphatic carbocycles. The monoisotopic (exact) mass is 328 g/mol. The highest BCUT2D eigenvalue weighted by Gasteiger charge is 2.59. The molecule has 1 unspecified atom stereocenters. The first-order valence-corrected chi connectivity index (χ1v) is 10.4. The standard InChI is InChI=1S/C22H32O2/c1-21-10-8-18-17(20(21)19(9-11-21)24-16-4-5-16)6-3-14-13-15(23)7-12-22(14,18)2/h13,16-20H,3-12H2,1-2H3/t17-,18+,19?,20-,21-,22+/m1/s1. The van der Waals surface area contributed by atoms with Crippen LogP contribution in [0.25, 0.3) is 0 Å². The van der Waals surface area contributed by atoms with Gasteiger partial charge in [0.25, 0.3) is 0 Å². The normalized spacial score (nSPS) is 50.8. The molecular formula is C22H32O2. The maximum atomic E-state index is 11.9. The highest BCUT2D eigenvalue weighted by molar-refractivity contribution is 5.91. The number of rotatable bonds is 2. The fraction of sp³-hybridized carbons (Fsp3) is 0.864. The molecule has 0 spiro atoms. The molecule has 0 aliphatic heterocycles. The minimum absolute atomic E-state index is 0.297. The molecule has 0 radical (unpaired) electrons. The second-order valence-electron chi connectivity index (χ2n) is 9.99. The van der Waals surface area contributed by atoms with Crippen LogP contribution in [0.2, 0.25) is 0 Å². The smallest absolute Gasteiger partial charge is 0.155 e. The van der Waals surface area contributed by atoms with Crippen LogP contribution in [0.4, 0.5) is 0 Å². The number of fused-ring (bicyclic) bond motifs is 5. The Morgan fingerprint density at radius 1 is 1.00 bits per heavy atom. The summed E-state index contributed by atoms with van der Waals surface area (Å²) in [7, 11) is 0. The molecule has 0 saturated heterocycles. The van der Waals surface area contributed by atoms with Gasteiger partial charge in [0.05, 0.1) is 12.2 Å². The average Bonchev–Trinajstić information content (AvgIpc) is 3.30. The van der Waals surface area contributed by atoms with E-state index in [2.05, 4.69) is 13.8 Å². The Hall–Kier alpha value is -0.630. The Balaban J connectivity index is 1.47. The largest absolute Gasteiger partial charge is 0.375 e. The van der Waals surface area contributed by atoms with Gasteiger partial charge >= 0.3 is 0 Å². The van der Waals surface area contributed by atoms with Crippen LogP contribution in [0, 0.1) is 28.6 Å². The van der Waals surface area contributed by atoms with Crippen LogP contribution >= 0.6 is 0 Å². The Bertz CT molecular complexity index is 589. The van der Waals surface area contributed by atoms with Crippen molar-refractivity contribution in [1.82, 2.24) is 0 Å². The van der Waals surface area contributed by atoms with Crippen LogP contribution in [-0.4, -0.2) is 18.0 Å². The Morgan fingerprint density at radius 2 is 1.79 bits per heavy atom. The van der Waals surface area contributed by atoms with Crippen molar-refractivity contribution in [3.8, 4) is 0 Å². The first-order chi connectivity index (χ1) is 11.5. The minimum Gasteiger partial charge on any atom is -0.375 e. The number of carbonyl (C=O) groups is 1. The highest BCUT2D eigenvalue weighted by Crippen LogP contribution is 2.65. The Morgan fingerprint density at radius 3 is 2.58 bits per heavy atom. The lowest BCUT2D eigenvalue weighted by Gasteiger charge is -2.58. The van der Waals surface area contributed by atoms with Gasteiger partial charge in [0.1, 0.15) is 0 Å². The molecule has 0 bridgehead atoms. The van der Waals surface area contributed by atoms with Gasteiger partial charge in [-0.25, -0.2) is 0 Å². The van der Waals surface area contributed by atoms with Gasteiger partial charge < -0.3 is 4.74 Å². The van der Waals surface area contributed by atoms with E-state index in [0.717, 1.165) is 37.0 Å². The van der Waals surface area contributed by atoms with E-state index >= 15 is 0 Å². The lowest BCUT2D eigenvalue weighted by Crippen LogP contribution is -2.51. The molecule has 2 heteroatoms. The Labute approximate surface area is 146 Å². The number of hydrogen-bond donors (Lipinski definition) is 0. The summed E-state index contributed by atoms with van der Waals surface area (Å²) in [4.78, 5) is 11.9. The van der Waals surface area contributed by atoms with Crippen LogP contribution in [0.15, 0.2) is 11.6 Å². The van der Waals surface area contributed by atoms with Crippen LogP contribution in [-0.2, 0) is 9.53 Å². The zero-order chi connectivity index (χ0) is 16.5. The molecule has 4 fully saturated rings. The van der Waals surface area contributed by atoms with E-state index in [1.165, 1.54) is 50.5 Å². The molecule has 0 N–H and O–H groups in total. The van der Waals surface area contributed by atoms with Gasteiger partial charge in [0.15, 0.2) is 5.78 Å². The molecule has 0 aromatic rings. The SMILES string of the molecule is C[C@@]12CCC(OC3CC3)[C@H]1[C@@H]1CCC3=CC(=O)CC[C@]3(C)[C@H]1CC2. The fourth-order valence-corrected chi connectivity index (χ4v) is 7.15. The van der Waals surface area contributed by atoms with Gasteiger partial charge in [-0.15, -0.1) is 0 Å². The third-order valence-corrected chi connectivity index (χ3v) is 8.63. The van der Waals surface area contributed by atoms with Crippen molar-refractivity contribution >= 4 is 5.78 Å². The molecule has 24 heavy (non-hydrogen) atoms. The minimum atomic E-state index is 0.297. The van der Waals surface area contributed by atoms with Gasteiger partial charge in [-0.2, -0.15) is 0 Å². The third-order valence-electron chi connectivity index (χ3n) is 8.63. The lowest BCUT2D eigenvalue weighted by atomic mass is 9.47. The number of carbonyl (C=O) groups excluding carboxylic acids is 1. The van der Waals surface area contributed by atoms with E-state index in [-0.39, 0.29) is 0 Å². The van der Waals surface area contributed by atoms with Crippen molar-refractivity contribution < 1.29 is 9.53 Å². The summed E-state index contributed by atoms with van der Waals surface area (Å²) in [6.07, 6.45) is 15.4. The maximum absolute atomic E-state index is 11.9. The van der Waals surface area contributed by atoms with Crippen LogP contribution in [0.3, 0.4) is 0 Å². The molecule has 132 valence electrons. The summed E-state index contributed by atoms with van der Waals surface area (Å²) in [5.41, 5.74) is 2.30. The van der Waals surface area contributed by atoms with E-state index in [0.29, 0.717) is 28.8 Å². The molecule has 6 atom stereocenters. The summed E-state index contributed by atoms with van der Waals surface area (Å²) in [5.74, 6) is 2.75. The van der Waals surface area contributed by atoms with Gasteiger partial charge in [-0.05, 0) is 92.4 Å². The summed E-state index contributed by atoms with van der Waals surface area (Å²) in [5, 5.41) is 0. The molecule has 0 amide bonds. The molecule has 5 rings (SSSR count). The van der Waals surface area contributed by atoms with Crippen molar-refractivity contribution in [2.75, 3.05) is 0 Å². The fourth-order valence-electron chi connectivity index (χ4n) is 7.15. The van der Waals surface area contributed by atoms with Crippen molar-refractivity contribution in [3.63, 3.8) is 0 Å². The third kappa shape index (κ3) is 2.21. The first kappa shape index (κ1) is 15.6. The summed E-state index contributed by atoms with van der Waals surface area (Å²) in [6, 6.07) is 0. The van der Waals surface area contributed by atoms with Gasteiger partial charge in [0.2, 0.25) is 0 Å². The summed E-state index contributed by atoms with van der Waals surface area (Å²) >= 11 is 0. The first-order valence-electron chi connectivity index (χ1n) is 10.4. The maximum Gasteiger partial charge on any atom is 0.155 e. The number of hydrogen-bond acceptors (Lipinski definition) is 2. The highest BCUT2D eigenvalue weighted by atomic mass is 16.5. The average molecular weight is 328 g/mol.